The number of carbonyl (C=O) groups excluding carboxylic acids is 2. The van der Waals surface area contributed by atoms with E-state index in [-0.39, 0.29) is 35.4 Å². The lowest BCUT2D eigenvalue weighted by Gasteiger charge is -2.41. The van der Waals surface area contributed by atoms with E-state index in [2.05, 4.69) is 10.3 Å². The number of aliphatic hydroxyl groups is 1. The molecule has 37 heavy (non-hydrogen) atoms. The van der Waals surface area contributed by atoms with E-state index in [4.69, 9.17) is 5.73 Å². The summed E-state index contributed by atoms with van der Waals surface area (Å²) in [6.07, 6.45) is 3.44. The highest BCUT2D eigenvalue weighted by Crippen LogP contribution is 2.53. The zero-order chi connectivity index (χ0) is 25.7. The number of amides is 2. The van der Waals surface area contributed by atoms with Gasteiger partial charge in [0.2, 0.25) is 11.8 Å². The monoisotopic (exact) mass is 526 g/mol. The van der Waals surface area contributed by atoms with Gasteiger partial charge < -0.3 is 31.1 Å². The number of rotatable bonds is 5. The molecule has 0 unspecified atom stereocenters. The molecular formula is C28H35ClN4O4. The summed E-state index contributed by atoms with van der Waals surface area (Å²) in [5, 5.41) is 24.9. The molecule has 2 amide bonds. The van der Waals surface area contributed by atoms with Crippen molar-refractivity contribution in [2.45, 2.75) is 62.6 Å². The molecule has 2 aliphatic rings. The van der Waals surface area contributed by atoms with Crippen molar-refractivity contribution in [1.82, 2.24) is 15.2 Å². The van der Waals surface area contributed by atoms with Gasteiger partial charge in [-0.25, -0.2) is 0 Å². The summed E-state index contributed by atoms with van der Waals surface area (Å²) >= 11 is 0. The Morgan fingerprint density at radius 1 is 1.19 bits per heavy atom. The number of nitrogens with zero attached hydrogens (tertiary/aromatic N) is 1. The molecule has 1 spiro atoms. The number of aromatic nitrogens is 1. The van der Waals surface area contributed by atoms with Crippen molar-refractivity contribution in [3.8, 4) is 5.75 Å². The number of H-pyrrole nitrogens is 1. The molecule has 0 saturated carbocycles. The number of hydrogen-bond donors (Lipinski definition) is 5. The van der Waals surface area contributed by atoms with Crippen LogP contribution in [0.1, 0.15) is 55.9 Å². The first-order chi connectivity index (χ1) is 17.1. The van der Waals surface area contributed by atoms with Gasteiger partial charge in [0, 0.05) is 47.6 Å². The van der Waals surface area contributed by atoms with Gasteiger partial charge in [-0.1, -0.05) is 30.3 Å². The van der Waals surface area contributed by atoms with Crippen LogP contribution >= 0.6 is 12.4 Å². The molecular weight excluding hydrogens is 492 g/mol. The maximum Gasteiger partial charge on any atom is 0.245 e. The number of phenolic OH excluding ortho intramolecular Hbond substituents is 1. The molecule has 1 aliphatic carbocycles. The number of carbonyl (C=O) groups is 2. The third-order valence-corrected chi connectivity index (χ3v) is 7.89. The minimum atomic E-state index is -1.11. The van der Waals surface area contributed by atoms with Crippen LogP contribution in [0, 0.1) is 0 Å². The molecule has 6 N–H and O–H groups in total. The molecule has 0 radical (unpaired) electrons. The number of aromatic hydroxyl groups is 1. The molecule has 2 atom stereocenters. The Labute approximate surface area is 222 Å². The second-order valence-corrected chi connectivity index (χ2v) is 10.9. The maximum absolute atomic E-state index is 13.8. The highest BCUT2D eigenvalue weighted by Gasteiger charge is 2.47. The van der Waals surface area contributed by atoms with E-state index in [1.165, 1.54) is 0 Å². The van der Waals surface area contributed by atoms with Crippen LogP contribution in [-0.2, 0) is 21.4 Å². The molecule has 2 aromatic carbocycles. The predicted octanol–water partition coefficient (Wildman–Crippen LogP) is 3.06. The van der Waals surface area contributed by atoms with Gasteiger partial charge in [0.05, 0.1) is 11.6 Å². The highest BCUT2D eigenvalue weighted by atomic mass is 35.5. The third kappa shape index (κ3) is 4.93. The van der Waals surface area contributed by atoms with Crippen molar-refractivity contribution in [3.05, 3.63) is 65.4 Å². The molecule has 1 aliphatic heterocycles. The van der Waals surface area contributed by atoms with Crippen molar-refractivity contribution in [2.24, 2.45) is 5.73 Å². The zero-order valence-corrected chi connectivity index (χ0v) is 22.0. The Bertz CT molecular complexity index is 1310. The fourth-order valence-electron chi connectivity index (χ4n) is 5.86. The minimum absolute atomic E-state index is 0. The Balaban J connectivity index is 0.00000320. The zero-order valence-electron chi connectivity index (χ0n) is 21.2. The van der Waals surface area contributed by atoms with Crippen molar-refractivity contribution in [3.63, 3.8) is 0 Å². The maximum atomic E-state index is 13.8. The number of hydrogen-bond acceptors (Lipinski definition) is 5. The first-order valence-corrected chi connectivity index (χ1v) is 12.5. The van der Waals surface area contributed by atoms with Gasteiger partial charge in [-0.3, -0.25) is 9.59 Å². The van der Waals surface area contributed by atoms with Crippen molar-refractivity contribution < 1.29 is 19.8 Å². The fourth-order valence-corrected chi connectivity index (χ4v) is 5.86. The van der Waals surface area contributed by atoms with Gasteiger partial charge in [-0.15, -0.1) is 12.4 Å². The van der Waals surface area contributed by atoms with E-state index < -0.39 is 17.7 Å². The first kappa shape index (κ1) is 27.0. The van der Waals surface area contributed by atoms with Crippen LogP contribution < -0.4 is 11.1 Å². The average Bonchev–Trinajstić information content (AvgIpc) is 3.37. The fraction of sp³-hybridized carbons (Fsp3) is 0.429. The highest BCUT2D eigenvalue weighted by molar-refractivity contribution is 5.92. The number of aliphatic hydroxyl groups excluding tert-OH is 1. The molecule has 1 saturated heterocycles. The van der Waals surface area contributed by atoms with Gasteiger partial charge in [-0.2, -0.15) is 0 Å². The molecule has 2 heterocycles. The largest absolute Gasteiger partial charge is 0.508 e. The number of piperidine rings is 1. The summed E-state index contributed by atoms with van der Waals surface area (Å²) in [7, 11) is 0. The Morgan fingerprint density at radius 3 is 2.59 bits per heavy atom. The van der Waals surface area contributed by atoms with Crippen LogP contribution in [-0.4, -0.2) is 56.6 Å². The number of nitrogens with two attached hydrogens (primary N) is 1. The Morgan fingerprint density at radius 2 is 1.89 bits per heavy atom. The lowest BCUT2D eigenvalue weighted by molar-refractivity contribution is -0.138. The van der Waals surface area contributed by atoms with Crippen LogP contribution in [0.15, 0.2) is 48.7 Å². The van der Waals surface area contributed by atoms with Crippen molar-refractivity contribution >= 4 is 35.1 Å². The van der Waals surface area contributed by atoms with Crippen LogP contribution in [0.3, 0.4) is 0 Å². The third-order valence-electron chi connectivity index (χ3n) is 7.89. The standard InChI is InChI=1S/C28H34N4O4.ClH/c1-27(2,29)26(36)31-21(14-17-16-30-20-8-4-3-6-18(17)20)25(35)32-12-10-28(11-13-32)15-23(34)24-19(28)7-5-9-22(24)33;/h3-9,16,21,23,30,33-34H,10-15,29H2,1-2H3,(H,31,36);1H/t21-,23+;/m0./s1. The summed E-state index contributed by atoms with van der Waals surface area (Å²) in [6, 6.07) is 12.5. The molecule has 5 rings (SSSR count). The van der Waals surface area contributed by atoms with Crippen LogP contribution in [0.5, 0.6) is 5.75 Å². The molecule has 198 valence electrons. The van der Waals surface area contributed by atoms with Crippen molar-refractivity contribution in [1.29, 1.82) is 0 Å². The number of benzene rings is 2. The number of fused-ring (bicyclic) bond motifs is 3. The lowest BCUT2D eigenvalue weighted by atomic mass is 9.73. The first-order valence-electron chi connectivity index (χ1n) is 12.5. The predicted molar refractivity (Wildman–Crippen MR) is 145 cm³/mol. The Hall–Kier alpha value is -3.07. The molecule has 9 heteroatoms. The molecule has 3 aromatic rings. The SMILES string of the molecule is CC(C)(N)C(=O)N[C@@H](Cc1c[nH]c2ccccc12)C(=O)N1CCC2(CC1)C[C@@H](O)c1c(O)cccc12.Cl. The van der Waals surface area contributed by atoms with Gasteiger partial charge in [0.15, 0.2) is 0 Å². The summed E-state index contributed by atoms with van der Waals surface area (Å²) in [5.74, 6) is -0.388. The van der Waals surface area contributed by atoms with Crippen LogP contribution in [0.4, 0.5) is 0 Å². The second kappa shape index (κ2) is 10.0. The summed E-state index contributed by atoms with van der Waals surface area (Å²) < 4.78 is 0. The van der Waals surface area contributed by atoms with Crippen LogP contribution in [0.25, 0.3) is 10.9 Å². The number of para-hydroxylation sites is 1. The number of phenols is 1. The van der Waals surface area contributed by atoms with E-state index in [0.29, 0.717) is 44.3 Å². The van der Waals surface area contributed by atoms with E-state index in [9.17, 15) is 19.8 Å². The molecule has 1 fully saturated rings. The summed E-state index contributed by atoms with van der Waals surface area (Å²) in [6.45, 7) is 4.26. The number of halogens is 1. The number of aromatic amines is 1. The quantitative estimate of drug-likeness (QED) is 0.348. The van der Waals surface area contributed by atoms with Gasteiger partial charge >= 0.3 is 0 Å². The number of likely N-dealkylation sites (tertiary alicyclic amines) is 1. The minimum Gasteiger partial charge on any atom is -0.508 e. The van der Waals surface area contributed by atoms with Crippen LogP contribution in [0.2, 0.25) is 0 Å². The van der Waals surface area contributed by atoms with E-state index in [1.807, 2.05) is 47.5 Å². The number of nitrogens with one attached hydrogen (secondary N) is 2. The lowest BCUT2D eigenvalue weighted by Crippen LogP contribution is -2.58. The summed E-state index contributed by atoms with van der Waals surface area (Å²) in [5.41, 5.74) is 8.18. The molecule has 8 nitrogen and oxygen atoms in total. The van der Waals surface area contributed by atoms with Crippen molar-refractivity contribution in [2.75, 3.05) is 13.1 Å². The Kier molecular flexibility index (Phi) is 7.29. The van der Waals surface area contributed by atoms with E-state index in [1.54, 1.807) is 19.9 Å². The normalized spacial score (nSPS) is 19.4. The second-order valence-electron chi connectivity index (χ2n) is 10.9. The van der Waals surface area contributed by atoms with E-state index in [0.717, 1.165) is 22.0 Å². The topological polar surface area (TPSA) is 132 Å². The molecule has 0 bridgehead atoms. The average molecular weight is 527 g/mol. The van der Waals surface area contributed by atoms with Gasteiger partial charge in [-0.05, 0) is 56.4 Å². The molecule has 1 aromatic heterocycles. The van der Waals surface area contributed by atoms with E-state index >= 15 is 0 Å². The van der Waals surface area contributed by atoms with Gasteiger partial charge in [0.25, 0.3) is 0 Å². The summed E-state index contributed by atoms with van der Waals surface area (Å²) in [4.78, 5) is 31.6. The van der Waals surface area contributed by atoms with Gasteiger partial charge in [0.1, 0.15) is 11.8 Å². The smallest absolute Gasteiger partial charge is 0.245 e.